The summed E-state index contributed by atoms with van der Waals surface area (Å²) in [4.78, 5) is 0. The maximum absolute atomic E-state index is 5.79. The lowest BCUT2D eigenvalue weighted by Gasteiger charge is -2.35. The van der Waals surface area contributed by atoms with Crippen molar-refractivity contribution in [1.82, 2.24) is 0 Å². The van der Waals surface area contributed by atoms with E-state index in [1.165, 1.54) is 0 Å². The first-order valence-electron chi connectivity index (χ1n) is 5.73. The predicted octanol–water partition coefficient (Wildman–Crippen LogP) is 2.05. The average Bonchev–Trinajstić information content (AvgIpc) is 2.71. The van der Waals surface area contributed by atoms with E-state index in [0.717, 1.165) is 51.3 Å². The van der Waals surface area contributed by atoms with Gasteiger partial charge in [0.1, 0.15) is 0 Å². The van der Waals surface area contributed by atoms with E-state index in [-0.39, 0.29) is 5.79 Å². The standard InChI is InChI=1S/C11H20O3S/c1-15-9-8-12-10-2-4-11(5-3-10)13-6-7-14-11/h10H,2-9H2,1H3. The highest BCUT2D eigenvalue weighted by molar-refractivity contribution is 7.98. The van der Waals surface area contributed by atoms with Crippen LogP contribution in [-0.2, 0) is 14.2 Å². The molecule has 0 bridgehead atoms. The fourth-order valence-electron chi connectivity index (χ4n) is 2.28. The summed E-state index contributed by atoms with van der Waals surface area (Å²) in [5, 5.41) is 0. The number of rotatable bonds is 4. The first-order valence-corrected chi connectivity index (χ1v) is 7.12. The molecule has 88 valence electrons. The minimum atomic E-state index is -0.237. The summed E-state index contributed by atoms with van der Waals surface area (Å²) in [6, 6.07) is 0. The summed E-state index contributed by atoms with van der Waals surface area (Å²) in [7, 11) is 0. The number of hydrogen-bond acceptors (Lipinski definition) is 4. The molecule has 0 N–H and O–H groups in total. The second-order valence-electron chi connectivity index (χ2n) is 4.17. The molecule has 3 nitrogen and oxygen atoms in total. The molecule has 0 atom stereocenters. The van der Waals surface area contributed by atoms with Gasteiger partial charge in [-0.3, -0.25) is 0 Å². The molecule has 0 radical (unpaired) electrons. The molecule has 1 heterocycles. The Kier molecular flexibility index (Phi) is 4.31. The second-order valence-corrected chi connectivity index (χ2v) is 5.16. The molecule has 0 aromatic heterocycles. The van der Waals surface area contributed by atoms with Crippen molar-refractivity contribution in [2.45, 2.75) is 37.6 Å². The van der Waals surface area contributed by atoms with Crippen LogP contribution in [0.5, 0.6) is 0 Å². The molecule has 1 aliphatic carbocycles. The van der Waals surface area contributed by atoms with Crippen molar-refractivity contribution in [2.24, 2.45) is 0 Å². The Balaban J connectivity index is 1.67. The third-order valence-electron chi connectivity index (χ3n) is 3.15. The number of thioether (sulfide) groups is 1. The molecule has 0 aromatic rings. The van der Waals surface area contributed by atoms with Gasteiger partial charge >= 0.3 is 0 Å². The van der Waals surface area contributed by atoms with E-state index in [1.54, 1.807) is 0 Å². The van der Waals surface area contributed by atoms with Gasteiger partial charge in [0, 0.05) is 18.6 Å². The van der Waals surface area contributed by atoms with Crippen LogP contribution in [0.4, 0.5) is 0 Å². The maximum Gasteiger partial charge on any atom is 0.168 e. The van der Waals surface area contributed by atoms with E-state index in [9.17, 15) is 0 Å². The molecular weight excluding hydrogens is 212 g/mol. The van der Waals surface area contributed by atoms with Crippen LogP contribution in [0.2, 0.25) is 0 Å². The molecule has 0 amide bonds. The van der Waals surface area contributed by atoms with Crippen LogP contribution >= 0.6 is 11.8 Å². The van der Waals surface area contributed by atoms with Gasteiger partial charge in [-0.25, -0.2) is 0 Å². The Morgan fingerprint density at radius 3 is 2.53 bits per heavy atom. The smallest absolute Gasteiger partial charge is 0.168 e. The number of hydrogen-bond donors (Lipinski definition) is 0. The quantitative estimate of drug-likeness (QED) is 0.693. The van der Waals surface area contributed by atoms with Gasteiger partial charge in [-0.1, -0.05) is 0 Å². The van der Waals surface area contributed by atoms with Gasteiger partial charge in [0.05, 0.1) is 25.9 Å². The Labute approximate surface area is 95.8 Å². The molecule has 15 heavy (non-hydrogen) atoms. The molecule has 2 fully saturated rings. The summed E-state index contributed by atoms with van der Waals surface area (Å²) in [5.41, 5.74) is 0. The third kappa shape index (κ3) is 3.09. The Morgan fingerprint density at radius 1 is 1.27 bits per heavy atom. The van der Waals surface area contributed by atoms with Crippen LogP contribution in [0.25, 0.3) is 0 Å². The van der Waals surface area contributed by atoms with E-state index >= 15 is 0 Å². The highest BCUT2D eigenvalue weighted by Crippen LogP contribution is 2.36. The normalized spacial score (nSPS) is 26.2. The van der Waals surface area contributed by atoms with Crippen LogP contribution in [0.15, 0.2) is 0 Å². The van der Waals surface area contributed by atoms with Crippen molar-refractivity contribution >= 4 is 11.8 Å². The molecule has 1 saturated heterocycles. The van der Waals surface area contributed by atoms with E-state index in [1.807, 2.05) is 11.8 Å². The van der Waals surface area contributed by atoms with E-state index in [2.05, 4.69) is 6.26 Å². The first kappa shape index (κ1) is 11.7. The summed E-state index contributed by atoms with van der Waals surface area (Å²) >= 11 is 1.83. The maximum atomic E-state index is 5.79. The Morgan fingerprint density at radius 2 is 1.93 bits per heavy atom. The van der Waals surface area contributed by atoms with Crippen molar-refractivity contribution in [3.8, 4) is 0 Å². The minimum Gasteiger partial charge on any atom is -0.377 e. The van der Waals surface area contributed by atoms with Gasteiger partial charge in [0.15, 0.2) is 5.79 Å². The highest BCUT2D eigenvalue weighted by Gasteiger charge is 2.40. The summed E-state index contributed by atoms with van der Waals surface area (Å²) in [6.07, 6.45) is 6.69. The second kappa shape index (κ2) is 5.53. The molecule has 0 unspecified atom stereocenters. The highest BCUT2D eigenvalue weighted by atomic mass is 32.2. The van der Waals surface area contributed by atoms with Crippen molar-refractivity contribution in [3.63, 3.8) is 0 Å². The van der Waals surface area contributed by atoms with E-state index in [4.69, 9.17) is 14.2 Å². The Hall–Kier alpha value is 0.230. The zero-order valence-corrected chi connectivity index (χ0v) is 10.2. The lowest BCUT2D eigenvalue weighted by Crippen LogP contribution is -2.37. The van der Waals surface area contributed by atoms with Crippen LogP contribution in [-0.4, -0.2) is 43.7 Å². The van der Waals surface area contributed by atoms with Crippen molar-refractivity contribution in [2.75, 3.05) is 31.8 Å². The molecule has 1 aliphatic heterocycles. The molecule has 1 saturated carbocycles. The van der Waals surface area contributed by atoms with Gasteiger partial charge in [0.25, 0.3) is 0 Å². The molecule has 4 heteroatoms. The van der Waals surface area contributed by atoms with Crippen LogP contribution in [0, 0.1) is 0 Å². The van der Waals surface area contributed by atoms with Gasteiger partial charge in [-0.05, 0) is 19.1 Å². The van der Waals surface area contributed by atoms with Crippen LogP contribution < -0.4 is 0 Å². The summed E-state index contributed by atoms with van der Waals surface area (Å²) in [6.45, 7) is 2.40. The van der Waals surface area contributed by atoms with Crippen LogP contribution in [0.3, 0.4) is 0 Å². The first-order chi connectivity index (χ1) is 7.35. The topological polar surface area (TPSA) is 27.7 Å². The van der Waals surface area contributed by atoms with E-state index < -0.39 is 0 Å². The summed E-state index contributed by atoms with van der Waals surface area (Å²) < 4.78 is 17.1. The fraction of sp³-hybridized carbons (Fsp3) is 1.00. The molecular formula is C11H20O3S. The van der Waals surface area contributed by atoms with Crippen molar-refractivity contribution < 1.29 is 14.2 Å². The monoisotopic (exact) mass is 232 g/mol. The average molecular weight is 232 g/mol. The molecule has 2 rings (SSSR count). The van der Waals surface area contributed by atoms with Crippen molar-refractivity contribution in [3.05, 3.63) is 0 Å². The zero-order valence-electron chi connectivity index (χ0n) is 9.37. The Bertz CT molecular complexity index is 182. The fourth-order valence-corrected chi connectivity index (χ4v) is 2.54. The predicted molar refractivity (Wildman–Crippen MR) is 61.2 cm³/mol. The van der Waals surface area contributed by atoms with E-state index in [0.29, 0.717) is 6.10 Å². The van der Waals surface area contributed by atoms with Gasteiger partial charge in [0.2, 0.25) is 0 Å². The largest absolute Gasteiger partial charge is 0.377 e. The lowest BCUT2D eigenvalue weighted by atomic mass is 9.92. The van der Waals surface area contributed by atoms with Gasteiger partial charge in [-0.15, -0.1) is 0 Å². The van der Waals surface area contributed by atoms with Gasteiger partial charge < -0.3 is 14.2 Å². The zero-order chi connectivity index (χ0) is 10.6. The minimum absolute atomic E-state index is 0.237. The third-order valence-corrected chi connectivity index (χ3v) is 3.72. The lowest BCUT2D eigenvalue weighted by molar-refractivity contribution is -0.191. The molecule has 2 aliphatic rings. The SMILES string of the molecule is CSCCOC1CCC2(CC1)OCCO2. The molecule has 0 aromatic carbocycles. The van der Waals surface area contributed by atoms with Crippen molar-refractivity contribution in [1.29, 1.82) is 0 Å². The van der Waals surface area contributed by atoms with Crippen LogP contribution in [0.1, 0.15) is 25.7 Å². The van der Waals surface area contributed by atoms with Gasteiger partial charge in [-0.2, -0.15) is 11.8 Å². The summed E-state index contributed by atoms with van der Waals surface area (Å²) in [5.74, 6) is 0.855. The molecule has 1 spiro atoms. The number of ether oxygens (including phenoxy) is 3.